The Morgan fingerprint density at radius 1 is 0.471 bits per heavy atom. The summed E-state index contributed by atoms with van der Waals surface area (Å²) in [5, 5.41) is 72.1. The van der Waals surface area contributed by atoms with Gasteiger partial charge in [0.1, 0.15) is 55.4 Å². The number of unbranched alkanes of at least 4 members (excludes halogenated alkanes) is 18. The van der Waals surface area contributed by atoms with Crippen LogP contribution in [0.3, 0.4) is 0 Å². The highest BCUT2D eigenvalue weighted by molar-refractivity contribution is 5.70. The van der Waals surface area contributed by atoms with Gasteiger partial charge < -0.3 is 64.2 Å². The number of allylic oxidation sites excluding steroid dienone is 8. The molecular weight excluding hydrogens is 877 g/mol. The molecule has 15 nitrogen and oxygen atoms in total. The summed E-state index contributed by atoms with van der Waals surface area (Å²) in [7, 11) is 0. The molecule has 394 valence electrons. The van der Waals surface area contributed by atoms with Crippen LogP contribution < -0.4 is 0 Å². The van der Waals surface area contributed by atoms with Crippen LogP contribution in [-0.4, -0.2) is 142 Å². The first-order valence-corrected chi connectivity index (χ1v) is 26.2. The molecule has 0 saturated carbocycles. The SMILES string of the molecule is CCCCCC/C=C/CCCCCCCCCC(=O)O[C@@H](COC(=O)CCC/C=C/C/C=C/C/C=C/CCCCCCCC)CO[C@@H]1O[C@H](CO[C@@H]2O[C@H](CO)[C@H](O)C(O)C2O)[C@H](O)C(O)C1O. The van der Waals surface area contributed by atoms with Crippen LogP contribution >= 0.6 is 0 Å². The number of aliphatic hydroxyl groups excluding tert-OH is 7. The third-order valence-electron chi connectivity index (χ3n) is 12.3. The number of aliphatic hydroxyl groups is 7. The van der Waals surface area contributed by atoms with E-state index in [2.05, 4.69) is 56.4 Å². The van der Waals surface area contributed by atoms with E-state index in [1.165, 1.54) is 83.5 Å². The van der Waals surface area contributed by atoms with E-state index in [1.54, 1.807) is 0 Å². The van der Waals surface area contributed by atoms with Crippen molar-refractivity contribution in [3.05, 3.63) is 48.6 Å². The lowest BCUT2D eigenvalue weighted by atomic mass is 9.98. The van der Waals surface area contributed by atoms with Crippen LogP contribution in [-0.2, 0) is 38.0 Å². The van der Waals surface area contributed by atoms with Crippen LogP contribution in [0, 0.1) is 0 Å². The minimum absolute atomic E-state index is 0.144. The second-order valence-corrected chi connectivity index (χ2v) is 18.3. The molecule has 11 atom stereocenters. The summed E-state index contributed by atoms with van der Waals surface area (Å²) >= 11 is 0. The predicted molar refractivity (Wildman–Crippen MR) is 261 cm³/mol. The van der Waals surface area contributed by atoms with Gasteiger partial charge in [-0.1, -0.05) is 146 Å². The molecule has 0 spiro atoms. The fourth-order valence-corrected chi connectivity index (χ4v) is 7.93. The van der Waals surface area contributed by atoms with E-state index in [0.29, 0.717) is 19.3 Å². The van der Waals surface area contributed by atoms with Gasteiger partial charge in [0.2, 0.25) is 0 Å². The Kier molecular flexibility index (Phi) is 36.3. The van der Waals surface area contributed by atoms with Crippen molar-refractivity contribution in [1.82, 2.24) is 0 Å². The smallest absolute Gasteiger partial charge is 0.306 e. The van der Waals surface area contributed by atoms with Crippen LogP contribution in [0.1, 0.15) is 181 Å². The van der Waals surface area contributed by atoms with Gasteiger partial charge in [0.05, 0.1) is 19.8 Å². The highest BCUT2D eigenvalue weighted by atomic mass is 16.7. The molecule has 2 rings (SSSR count). The lowest BCUT2D eigenvalue weighted by Crippen LogP contribution is -2.61. The molecular formula is C53H92O15. The molecule has 0 radical (unpaired) electrons. The van der Waals surface area contributed by atoms with Gasteiger partial charge in [0, 0.05) is 12.8 Å². The van der Waals surface area contributed by atoms with Crippen LogP contribution in [0.15, 0.2) is 48.6 Å². The molecule has 7 N–H and O–H groups in total. The van der Waals surface area contributed by atoms with Crippen molar-refractivity contribution < 1.29 is 73.8 Å². The van der Waals surface area contributed by atoms with Crippen LogP contribution in [0.2, 0.25) is 0 Å². The normalized spacial score (nSPS) is 26.1. The zero-order valence-electron chi connectivity index (χ0n) is 41.6. The van der Waals surface area contributed by atoms with Crippen LogP contribution in [0.25, 0.3) is 0 Å². The molecule has 2 aliphatic rings. The average Bonchev–Trinajstić information content (AvgIpc) is 3.33. The molecule has 0 aromatic rings. The summed E-state index contributed by atoms with van der Waals surface area (Å²) in [6.45, 7) is 2.51. The Balaban J connectivity index is 1.83. The summed E-state index contributed by atoms with van der Waals surface area (Å²) in [6.07, 6.45) is 27.1. The van der Waals surface area contributed by atoms with E-state index in [1.807, 2.05) is 6.08 Å². The number of carbonyl (C=O) groups is 2. The average molecular weight is 969 g/mol. The summed E-state index contributed by atoms with van der Waals surface area (Å²) in [5.74, 6) is -0.991. The minimum atomic E-state index is -1.77. The maximum absolute atomic E-state index is 13.0. The van der Waals surface area contributed by atoms with Gasteiger partial charge in [-0.15, -0.1) is 0 Å². The minimum Gasteiger partial charge on any atom is -0.462 e. The molecule has 4 unspecified atom stereocenters. The van der Waals surface area contributed by atoms with Gasteiger partial charge in [-0.3, -0.25) is 9.59 Å². The van der Waals surface area contributed by atoms with Gasteiger partial charge in [0.25, 0.3) is 0 Å². The van der Waals surface area contributed by atoms with Crippen molar-refractivity contribution in [2.24, 2.45) is 0 Å². The van der Waals surface area contributed by atoms with Gasteiger partial charge in [-0.25, -0.2) is 0 Å². The predicted octanol–water partition coefficient (Wildman–Crippen LogP) is 7.49. The maximum Gasteiger partial charge on any atom is 0.306 e. The first-order valence-electron chi connectivity index (χ1n) is 26.2. The first kappa shape index (κ1) is 61.6. The quantitative estimate of drug-likeness (QED) is 0.0179. The monoisotopic (exact) mass is 969 g/mol. The number of hydrogen-bond donors (Lipinski definition) is 7. The lowest BCUT2D eigenvalue weighted by Gasteiger charge is -2.42. The highest BCUT2D eigenvalue weighted by Crippen LogP contribution is 2.26. The van der Waals surface area contributed by atoms with Crippen molar-refractivity contribution in [3.63, 3.8) is 0 Å². The molecule has 0 aromatic heterocycles. The molecule has 2 saturated heterocycles. The number of hydrogen-bond acceptors (Lipinski definition) is 15. The maximum atomic E-state index is 13.0. The molecule has 68 heavy (non-hydrogen) atoms. The Bertz CT molecular complexity index is 1370. The van der Waals surface area contributed by atoms with Crippen LogP contribution in [0.5, 0.6) is 0 Å². The number of ether oxygens (including phenoxy) is 6. The molecule has 2 heterocycles. The van der Waals surface area contributed by atoms with Crippen LogP contribution in [0.4, 0.5) is 0 Å². The largest absolute Gasteiger partial charge is 0.462 e. The summed E-state index contributed by atoms with van der Waals surface area (Å²) in [5.41, 5.74) is 0. The highest BCUT2D eigenvalue weighted by Gasteiger charge is 2.47. The second kappa shape index (κ2) is 40.1. The topological polar surface area (TPSA) is 231 Å². The molecule has 0 aliphatic carbocycles. The van der Waals surface area contributed by atoms with Crippen molar-refractivity contribution in [2.45, 2.75) is 248 Å². The molecule has 2 aliphatic heterocycles. The number of carbonyl (C=O) groups excluding carboxylic acids is 2. The van der Waals surface area contributed by atoms with E-state index in [9.17, 15) is 45.3 Å². The van der Waals surface area contributed by atoms with E-state index in [-0.39, 0.29) is 19.4 Å². The molecule has 15 heteroatoms. The Morgan fingerprint density at radius 2 is 0.897 bits per heavy atom. The van der Waals surface area contributed by atoms with Crippen molar-refractivity contribution in [3.8, 4) is 0 Å². The lowest BCUT2D eigenvalue weighted by molar-refractivity contribution is -0.332. The summed E-state index contributed by atoms with van der Waals surface area (Å²) in [4.78, 5) is 25.7. The van der Waals surface area contributed by atoms with Gasteiger partial charge in [-0.05, 0) is 70.6 Å². The first-order chi connectivity index (χ1) is 33.0. The molecule has 0 bridgehead atoms. The van der Waals surface area contributed by atoms with Crippen molar-refractivity contribution in [1.29, 1.82) is 0 Å². The van der Waals surface area contributed by atoms with E-state index in [0.717, 1.165) is 51.4 Å². The van der Waals surface area contributed by atoms with Gasteiger partial charge in [-0.2, -0.15) is 0 Å². The molecule has 0 amide bonds. The van der Waals surface area contributed by atoms with E-state index >= 15 is 0 Å². The third kappa shape index (κ3) is 27.7. The third-order valence-corrected chi connectivity index (χ3v) is 12.3. The van der Waals surface area contributed by atoms with Crippen molar-refractivity contribution in [2.75, 3.05) is 26.4 Å². The molecule has 2 fully saturated rings. The summed E-state index contributed by atoms with van der Waals surface area (Å²) in [6, 6.07) is 0. The van der Waals surface area contributed by atoms with E-state index in [4.69, 9.17) is 28.4 Å². The zero-order valence-corrected chi connectivity index (χ0v) is 41.6. The fraction of sp³-hybridized carbons (Fsp3) is 0.811. The zero-order chi connectivity index (χ0) is 49.6. The number of esters is 2. The Morgan fingerprint density at radius 3 is 1.46 bits per heavy atom. The Labute approximate surface area is 408 Å². The Hall–Kier alpha value is -2.54. The standard InChI is InChI=1S/C53H92O15/c1-3-5-7-9-11-13-15-17-19-20-22-23-25-27-29-31-33-35-44(55)63-38-41(66-45(56)36-34-32-30-28-26-24-21-18-16-14-12-10-8-6-4-2)39-64-52-51(62)49(60)47(58)43(68-52)40-65-53-50(61)48(59)46(57)42(37-54)67-53/h14,16-17,19,22-23,27,29,41-43,46-54,57-62H,3-13,15,18,20-21,24-26,28,30-40H2,1-2H3/b16-14+,19-17+,23-22+,29-27+/t41-,42+,43+,46-,47-,48?,49?,50?,51?,52+,53+/m0/s1. The number of rotatable bonds is 40. The fourth-order valence-electron chi connectivity index (χ4n) is 7.93. The summed E-state index contributed by atoms with van der Waals surface area (Å²) < 4.78 is 33.5. The van der Waals surface area contributed by atoms with Crippen molar-refractivity contribution >= 4 is 11.9 Å². The van der Waals surface area contributed by atoms with Gasteiger partial charge >= 0.3 is 11.9 Å². The molecule has 0 aromatic carbocycles. The van der Waals surface area contributed by atoms with Gasteiger partial charge in [0.15, 0.2) is 18.7 Å². The van der Waals surface area contributed by atoms with E-state index < -0.39 is 99.3 Å². The second-order valence-electron chi connectivity index (χ2n) is 18.3.